The van der Waals surface area contributed by atoms with Gasteiger partial charge in [-0.3, -0.25) is 4.79 Å². The van der Waals surface area contributed by atoms with Crippen molar-refractivity contribution < 1.29 is 18.0 Å². The van der Waals surface area contributed by atoms with Crippen molar-refractivity contribution in [3.8, 4) is 0 Å². The fraction of sp³-hybridized carbons (Fsp3) is 0. The van der Waals surface area contributed by atoms with E-state index in [2.05, 4.69) is 5.32 Å². The van der Waals surface area contributed by atoms with Gasteiger partial charge in [-0.25, -0.2) is 13.2 Å². The first-order chi connectivity index (χ1) is 9.38. The summed E-state index contributed by atoms with van der Waals surface area (Å²) in [5.74, 6) is -3.45. The van der Waals surface area contributed by atoms with Crippen LogP contribution in [0.25, 0.3) is 0 Å². The van der Waals surface area contributed by atoms with Gasteiger partial charge in [0.2, 0.25) is 0 Å². The molecule has 2 aromatic carbocycles. The number of carbonyl (C=O) groups is 1. The first-order valence-electron chi connectivity index (χ1n) is 5.39. The van der Waals surface area contributed by atoms with E-state index in [1.165, 1.54) is 6.07 Å². The van der Waals surface area contributed by atoms with Gasteiger partial charge in [-0.05, 0) is 30.3 Å². The largest absolute Gasteiger partial charge is 0.396 e. The lowest BCUT2D eigenvalue weighted by atomic mass is 10.1. The first-order valence-corrected chi connectivity index (χ1v) is 5.77. The third-order valence-corrected chi connectivity index (χ3v) is 2.78. The Balaban J connectivity index is 2.30. The second kappa shape index (κ2) is 5.42. The van der Waals surface area contributed by atoms with E-state index < -0.39 is 34.6 Å². The van der Waals surface area contributed by atoms with Gasteiger partial charge in [0.25, 0.3) is 5.91 Å². The maximum atomic E-state index is 13.6. The number of anilines is 2. The summed E-state index contributed by atoms with van der Waals surface area (Å²) >= 11 is 5.54. The highest BCUT2D eigenvalue weighted by atomic mass is 35.5. The SMILES string of the molecule is Nc1cc(F)cc(C(=O)Nc2ccc(F)c(Cl)c2)c1F. The number of benzene rings is 2. The van der Waals surface area contributed by atoms with Gasteiger partial charge in [-0.15, -0.1) is 0 Å². The van der Waals surface area contributed by atoms with Gasteiger partial charge in [0.15, 0.2) is 5.82 Å². The molecule has 0 atom stereocenters. The number of hydrogen-bond donors (Lipinski definition) is 2. The zero-order chi connectivity index (χ0) is 14.9. The first kappa shape index (κ1) is 14.2. The number of nitrogens with one attached hydrogen (secondary N) is 1. The van der Waals surface area contributed by atoms with Gasteiger partial charge in [0.1, 0.15) is 11.6 Å². The summed E-state index contributed by atoms with van der Waals surface area (Å²) in [6, 6.07) is 4.90. The second-order valence-corrected chi connectivity index (χ2v) is 4.35. The molecule has 7 heteroatoms. The molecule has 0 aliphatic rings. The number of carbonyl (C=O) groups excluding carboxylic acids is 1. The van der Waals surface area contributed by atoms with Crippen LogP contribution in [0.1, 0.15) is 10.4 Å². The molecule has 1 amide bonds. The molecule has 0 bridgehead atoms. The van der Waals surface area contributed by atoms with Crippen molar-refractivity contribution in [3.05, 3.63) is 58.4 Å². The molecule has 0 aliphatic carbocycles. The van der Waals surface area contributed by atoms with Crippen LogP contribution in [0.15, 0.2) is 30.3 Å². The predicted octanol–water partition coefficient (Wildman–Crippen LogP) is 3.59. The number of hydrogen-bond acceptors (Lipinski definition) is 2. The molecule has 0 saturated heterocycles. The highest BCUT2D eigenvalue weighted by Crippen LogP contribution is 2.22. The minimum absolute atomic E-state index is 0.142. The van der Waals surface area contributed by atoms with E-state index in [0.29, 0.717) is 6.07 Å². The number of nitrogen functional groups attached to an aromatic ring is 1. The van der Waals surface area contributed by atoms with Crippen LogP contribution in [0.3, 0.4) is 0 Å². The maximum Gasteiger partial charge on any atom is 0.258 e. The molecular formula is C13H8ClF3N2O. The topological polar surface area (TPSA) is 55.1 Å². The Morgan fingerprint density at radius 1 is 1.15 bits per heavy atom. The summed E-state index contributed by atoms with van der Waals surface area (Å²) in [4.78, 5) is 11.8. The second-order valence-electron chi connectivity index (χ2n) is 3.94. The summed E-state index contributed by atoms with van der Waals surface area (Å²) in [5.41, 5.74) is 4.34. The van der Waals surface area contributed by atoms with Gasteiger partial charge in [0.05, 0.1) is 16.3 Å². The highest BCUT2D eigenvalue weighted by molar-refractivity contribution is 6.31. The van der Waals surface area contributed by atoms with Crippen LogP contribution in [-0.4, -0.2) is 5.91 Å². The molecular weight excluding hydrogens is 293 g/mol. The van der Waals surface area contributed by atoms with Crippen molar-refractivity contribution in [3.63, 3.8) is 0 Å². The molecule has 0 radical (unpaired) electrons. The minimum Gasteiger partial charge on any atom is -0.396 e. The zero-order valence-electron chi connectivity index (χ0n) is 9.88. The van der Waals surface area contributed by atoms with Crippen molar-refractivity contribution in [2.45, 2.75) is 0 Å². The summed E-state index contributed by atoms with van der Waals surface area (Å²) < 4.78 is 39.7. The van der Waals surface area contributed by atoms with Crippen LogP contribution >= 0.6 is 11.6 Å². The Morgan fingerprint density at radius 2 is 1.85 bits per heavy atom. The molecule has 0 spiro atoms. The lowest BCUT2D eigenvalue weighted by molar-refractivity contribution is 0.102. The van der Waals surface area contributed by atoms with Gasteiger partial charge >= 0.3 is 0 Å². The van der Waals surface area contributed by atoms with E-state index >= 15 is 0 Å². The molecule has 2 aromatic rings. The van der Waals surface area contributed by atoms with Crippen molar-refractivity contribution in [1.29, 1.82) is 0 Å². The Hall–Kier alpha value is -2.21. The van der Waals surface area contributed by atoms with Crippen molar-refractivity contribution in [1.82, 2.24) is 0 Å². The molecule has 0 heterocycles. The molecule has 3 N–H and O–H groups in total. The maximum absolute atomic E-state index is 13.6. The van der Waals surface area contributed by atoms with Crippen LogP contribution in [0.2, 0.25) is 5.02 Å². The monoisotopic (exact) mass is 300 g/mol. The highest BCUT2D eigenvalue weighted by Gasteiger charge is 2.16. The van der Waals surface area contributed by atoms with Gasteiger partial charge in [-0.2, -0.15) is 0 Å². The number of nitrogens with two attached hydrogens (primary N) is 1. The van der Waals surface area contributed by atoms with Crippen LogP contribution in [-0.2, 0) is 0 Å². The standard InChI is InChI=1S/C13H8ClF3N2O/c14-9-5-7(1-2-10(9)16)19-13(20)8-3-6(15)4-11(18)12(8)17/h1-5H,18H2,(H,19,20). The van der Waals surface area contributed by atoms with Crippen LogP contribution in [0.5, 0.6) is 0 Å². The normalized spacial score (nSPS) is 10.4. The van der Waals surface area contributed by atoms with E-state index in [4.69, 9.17) is 17.3 Å². The van der Waals surface area contributed by atoms with Crippen molar-refractivity contribution in [2.75, 3.05) is 11.1 Å². The van der Waals surface area contributed by atoms with Crippen molar-refractivity contribution >= 4 is 28.9 Å². The van der Waals surface area contributed by atoms with Crippen LogP contribution in [0, 0.1) is 17.5 Å². The number of halogens is 4. The molecule has 20 heavy (non-hydrogen) atoms. The zero-order valence-corrected chi connectivity index (χ0v) is 10.6. The summed E-state index contributed by atoms with van der Waals surface area (Å²) in [5, 5.41) is 2.06. The predicted molar refractivity (Wildman–Crippen MR) is 70.1 cm³/mol. The fourth-order valence-electron chi connectivity index (χ4n) is 1.55. The lowest BCUT2D eigenvalue weighted by Crippen LogP contribution is -2.15. The Labute approximate surface area is 117 Å². The minimum atomic E-state index is -1.03. The van der Waals surface area contributed by atoms with E-state index in [1.54, 1.807) is 0 Å². The smallest absolute Gasteiger partial charge is 0.258 e. The third-order valence-electron chi connectivity index (χ3n) is 2.49. The van der Waals surface area contributed by atoms with Gasteiger partial charge in [-0.1, -0.05) is 11.6 Å². The van der Waals surface area contributed by atoms with Crippen LogP contribution in [0.4, 0.5) is 24.5 Å². The average Bonchev–Trinajstić information content (AvgIpc) is 2.38. The van der Waals surface area contributed by atoms with E-state index in [-0.39, 0.29) is 10.7 Å². The summed E-state index contributed by atoms with van der Waals surface area (Å²) in [6.45, 7) is 0. The third kappa shape index (κ3) is 2.85. The Kier molecular flexibility index (Phi) is 3.85. The Morgan fingerprint density at radius 3 is 2.50 bits per heavy atom. The molecule has 2 rings (SSSR count). The Bertz CT molecular complexity index is 692. The molecule has 0 saturated carbocycles. The van der Waals surface area contributed by atoms with E-state index in [9.17, 15) is 18.0 Å². The molecule has 0 fully saturated rings. The molecule has 0 aromatic heterocycles. The van der Waals surface area contributed by atoms with Gasteiger partial charge < -0.3 is 11.1 Å². The summed E-state index contributed by atoms with van der Waals surface area (Å²) in [7, 11) is 0. The molecule has 3 nitrogen and oxygen atoms in total. The fourth-order valence-corrected chi connectivity index (χ4v) is 1.73. The van der Waals surface area contributed by atoms with E-state index in [1.807, 2.05) is 0 Å². The van der Waals surface area contributed by atoms with Crippen molar-refractivity contribution in [2.24, 2.45) is 0 Å². The molecule has 104 valence electrons. The van der Waals surface area contributed by atoms with E-state index in [0.717, 1.165) is 18.2 Å². The number of rotatable bonds is 2. The quantitative estimate of drug-likeness (QED) is 0.833. The molecule has 0 aliphatic heterocycles. The van der Waals surface area contributed by atoms with Gasteiger partial charge in [0, 0.05) is 5.69 Å². The lowest BCUT2D eigenvalue weighted by Gasteiger charge is -2.08. The van der Waals surface area contributed by atoms with Crippen LogP contribution < -0.4 is 11.1 Å². The number of amides is 1. The average molecular weight is 301 g/mol. The summed E-state index contributed by atoms with van der Waals surface area (Å²) in [6.07, 6.45) is 0. The molecule has 0 unspecified atom stereocenters.